The summed E-state index contributed by atoms with van der Waals surface area (Å²) in [5, 5.41) is 21.2. The van der Waals surface area contributed by atoms with Gasteiger partial charge in [0.25, 0.3) is 0 Å². The van der Waals surface area contributed by atoms with Gasteiger partial charge in [-0.25, -0.2) is 0 Å². The number of rotatable bonds is 2. The Balaban J connectivity index is 0.00000144. The summed E-state index contributed by atoms with van der Waals surface area (Å²) in [4.78, 5) is 21.2. The van der Waals surface area contributed by atoms with Crippen LogP contribution in [0, 0.1) is 5.41 Å². The van der Waals surface area contributed by atoms with Crippen LogP contribution in [0.4, 0.5) is 0 Å². The van der Waals surface area contributed by atoms with Gasteiger partial charge in [-0.15, -0.1) is 0 Å². The molecule has 5 heteroatoms. The molecular weight excluding hydrogens is 200 g/mol. The van der Waals surface area contributed by atoms with Gasteiger partial charge in [0, 0.05) is 5.41 Å². The van der Waals surface area contributed by atoms with Gasteiger partial charge in [-0.1, -0.05) is 19.3 Å². The molecule has 0 unspecified atom stereocenters. The summed E-state index contributed by atoms with van der Waals surface area (Å²) in [5.41, 5.74) is -1.71. The Bertz CT molecular complexity index is 192. The molecule has 13 heavy (non-hydrogen) atoms. The van der Waals surface area contributed by atoms with Gasteiger partial charge < -0.3 is 19.8 Å². The van der Waals surface area contributed by atoms with E-state index in [0.717, 1.165) is 6.42 Å². The molecule has 0 N–H and O–H groups in total. The quantitative estimate of drug-likeness (QED) is 0.392. The standard InChI is InChI=1S/C8H12O4.Ca/c9-6(10)8(7(11)12)4-2-1-3-5-8;/h1-5H2,(H,9,10)(H,11,12);/q;+2/p-2. The molecule has 68 valence electrons. The van der Waals surface area contributed by atoms with Crippen LogP contribution in [0.2, 0.25) is 0 Å². The van der Waals surface area contributed by atoms with Gasteiger partial charge in [0.2, 0.25) is 0 Å². The summed E-state index contributed by atoms with van der Waals surface area (Å²) in [6.45, 7) is 0. The molecular formula is C8H10CaO4. The molecule has 0 spiro atoms. The van der Waals surface area contributed by atoms with Crippen molar-refractivity contribution in [2.75, 3.05) is 0 Å². The Morgan fingerprint density at radius 3 is 1.54 bits per heavy atom. The Hall–Kier alpha value is 0.200. The predicted octanol–water partition coefficient (Wildman–Crippen LogP) is -1.94. The minimum absolute atomic E-state index is 0. The Kier molecular flexibility index (Phi) is 5.25. The van der Waals surface area contributed by atoms with Crippen LogP contribution in [0.3, 0.4) is 0 Å². The van der Waals surface area contributed by atoms with Crippen molar-refractivity contribution in [3.63, 3.8) is 0 Å². The second-order valence-corrected chi connectivity index (χ2v) is 3.22. The van der Waals surface area contributed by atoms with E-state index in [1.54, 1.807) is 0 Å². The van der Waals surface area contributed by atoms with Crippen molar-refractivity contribution in [1.29, 1.82) is 0 Å². The van der Waals surface area contributed by atoms with E-state index in [2.05, 4.69) is 0 Å². The molecule has 1 saturated carbocycles. The first-order valence-corrected chi connectivity index (χ1v) is 4.02. The average molecular weight is 210 g/mol. The maximum absolute atomic E-state index is 10.6. The number of carboxylic acids is 2. The Morgan fingerprint density at radius 1 is 0.923 bits per heavy atom. The van der Waals surface area contributed by atoms with Crippen molar-refractivity contribution < 1.29 is 19.8 Å². The average Bonchev–Trinajstić information content (AvgIpc) is 2.05. The molecule has 0 amide bonds. The maximum Gasteiger partial charge on any atom is 2.00 e. The molecule has 0 radical (unpaired) electrons. The zero-order valence-electron chi connectivity index (χ0n) is 7.38. The van der Waals surface area contributed by atoms with E-state index in [-0.39, 0.29) is 50.6 Å². The van der Waals surface area contributed by atoms with E-state index in [0.29, 0.717) is 12.8 Å². The van der Waals surface area contributed by atoms with Gasteiger partial charge in [0.15, 0.2) is 0 Å². The summed E-state index contributed by atoms with van der Waals surface area (Å²) < 4.78 is 0. The third-order valence-electron chi connectivity index (χ3n) is 2.49. The molecule has 1 aliphatic rings. The largest absolute Gasteiger partial charge is 2.00 e. The zero-order valence-corrected chi connectivity index (χ0v) is 9.58. The minimum Gasteiger partial charge on any atom is -0.549 e. The number of carboxylic acid groups (broad SMARTS) is 2. The zero-order chi connectivity index (χ0) is 9.19. The van der Waals surface area contributed by atoms with Crippen molar-refractivity contribution in [2.45, 2.75) is 32.1 Å². The summed E-state index contributed by atoms with van der Waals surface area (Å²) in [7, 11) is 0. The molecule has 0 aromatic rings. The van der Waals surface area contributed by atoms with Crippen molar-refractivity contribution >= 4 is 49.7 Å². The molecule has 0 atom stereocenters. The fourth-order valence-corrected chi connectivity index (χ4v) is 1.65. The molecule has 1 rings (SSSR count). The van der Waals surface area contributed by atoms with Crippen LogP contribution in [0.1, 0.15) is 32.1 Å². The van der Waals surface area contributed by atoms with E-state index < -0.39 is 17.4 Å². The third kappa shape index (κ3) is 2.58. The van der Waals surface area contributed by atoms with Crippen molar-refractivity contribution in [3.05, 3.63) is 0 Å². The second kappa shape index (κ2) is 5.17. The van der Waals surface area contributed by atoms with Crippen molar-refractivity contribution in [1.82, 2.24) is 0 Å². The smallest absolute Gasteiger partial charge is 0.549 e. The van der Waals surface area contributed by atoms with Crippen LogP contribution in [0.25, 0.3) is 0 Å². The van der Waals surface area contributed by atoms with E-state index in [9.17, 15) is 19.8 Å². The minimum atomic E-state index is -1.71. The van der Waals surface area contributed by atoms with E-state index in [1.165, 1.54) is 0 Å². The van der Waals surface area contributed by atoms with Gasteiger partial charge in [0.1, 0.15) is 0 Å². The molecule has 0 aromatic carbocycles. The Morgan fingerprint density at radius 2 is 1.31 bits per heavy atom. The van der Waals surface area contributed by atoms with Crippen LogP contribution < -0.4 is 10.2 Å². The van der Waals surface area contributed by atoms with Crippen LogP contribution in [-0.2, 0) is 9.59 Å². The number of carbonyl (C=O) groups is 2. The van der Waals surface area contributed by atoms with Gasteiger partial charge in [0.05, 0.1) is 11.9 Å². The van der Waals surface area contributed by atoms with Gasteiger partial charge in [-0.05, 0) is 12.8 Å². The molecule has 0 heterocycles. The van der Waals surface area contributed by atoms with Crippen LogP contribution in [0.15, 0.2) is 0 Å². The first kappa shape index (κ1) is 13.2. The summed E-state index contributed by atoms with van der Waals surface area (Å²) in [6.07, 6.45) is 2.45. The van der Waals surface area contributed by atoms with E-state index >= 15 is 0 Å². The van der Waals surface area contributed by atoms with Crippen LogP contribution in [-0.4, -0.2) is 49.7 Å². The topological polar surface area (TPSA) is 80.3 Å². The number of carbonyl (C=O) groups excluding carboxylic acids is 2. The van der Waals surface area contributed by atoms with E-state index in [4.69, 9.17) is 0 Å². The second-order valence-electron chi connectivity index (χ2n) is 3.22. The number of aliphatic carboxylic acids is 2. The van der Waals surface area contributed by atoms with Crippen LogP contribution >= 0.6 is 0 Å². The van der Waals surface area contributed by atoms with Crippen LogP contribution in [0.5, 0.6) is 0 Å². The molecule has 1 aliphatic carbocycles. The molecule has 4 nitrogen and oxygen atoms in total. The molecule has 1 fully saturated rings. The van der Waals surface area contributed by atoms with Crippen molar-refractivity contribution in [3.8, 4) is 0 Å². The fourth-order valence-electron chi connectivity index (χ4n) is 1.65. The van der Waals surface area contributed by atoms with Gasteiger partial charge in [-0.3, -0.25) is 0 Å². The monoisotopic (exact) mass is 210 g/mol. The van der Waals surface area contributed by atoms with Gasteiger partial charge >= 0.3 is 37.7 Å². The molecule has 0 bridgehead atoms. The predicted molar refractivity (Wildman–Crippen MR) is 41.3 cm³/mol. The normalized spacial score (nSPS) is 20.0. The van der Waals surface area contributed by atoms with Gasteiger partial charge in [-0.2, -0.15) is 0 Å². The first-order chi connectivity index (χ1) is 5.59. The molecule has 0 aromatic heterocycles. The maximum atomic E-state index is 10.6. The third-order valence-corrected chi connectivity index (χ3v) is 2.49. The number of hydrogen-bond acceptors (Lipinski definition) is 4. The first-order valence-electron chi connectivity index (χ1n) is 4.02. The molecule has 0 saturated heterocycles. The van der Waals surface area contributed by atoms with E-state index in [1.807, 2.05) is 0 Å². The summed E-state index contributed by atoms with van der Waals surface area (Å²) in [6, 6.07) is 0. The summed E-state index contributed by atoms with van der Waals surface area (Å²) >= 11 is 0. The summed E-state index contributed by atoms with van der Waals surface area (Å²) in [5.74, 6) is -3.00. The SMILES string of the molecule is O=C([O-])C1(C(=O)[O-])CCCCC1.[Ca+2]. The van der Waals surface area contributed by atoms with Crippen molar-refractivity contribution in [2.24, 2.45) is 5.41 Å². The number of hydrogen-bond donors (Lipinski definition) is 0. The fraction of sp³-hybridized carbons (Fsp3) is 0.750. The Labute approximate surface area is 106 Å². The molecule has 0 aliphatic heterocycles.